The van der Waals surface area contributed by atoms with E-state index in [0.717, 1.165) is 11.1 Å². The highest BCUT2D eigenvalue weighted by molar-refractivity contribution is 7.89. The van der Waals surface area contributed by atoms with E-state index in [1.807, 2.05) is 42.5 Å². The van der Waals surface area contributed by atoms with Gasteiger partial charge >= 0.3 is 0 Å². The quantitative estimate of drug-likeness (QED) is 0.393. The van der Waals surface area contributed by atoms with Gasteiger partial charge in [0.05, 0.1) is 36.8 Å². The number of ketones is 1. The van der Waals surface area contributed by atoms with E-state index in [1.165, 1.54) is 0 Å². The van der Waals surface area contributed by atoms with Crippen molar-refractivity contribution in [2.45, 2.75) is 30.7 Å². The topological polar surface area (TPSA) is 72.9 Å². The Kier molecular flexibility index (Phi) is 6.29. The van der Waals surface area contributed by atoms with Gasteiger partial charge in [-0.15, -0.1) is 0 Å². The zero-order valence-corrected chi connectivity index (χ0v) is 23.3. The summed E-state index contributed by atoms with van der Waals surface area (Å²) in [6, 6.07) is 25.7. The number of hydrogen-bond acceptors (Lipinski definition) is 5. The Hall–Kier alpha value is -3.58. The number of sulfonamides is 1. The van der Waals surface area contributed by atoms with Crippen LogP contribution in [0.1, 0.15) is 36.9 Å². The fourth-order valence-corrected chi connectivity index (χ4v) is 9.29. The van der Waals surface area contributed by atoms with Crippen LogP contribution < -0.4 is 4.74 Å². The second-order valence-corrected chi connectivity index (χ2v) is 12.7. The molecule has 6 rings (SSSR count). The number of methoxy groups -OCH3 is 2. The summed E-state index contributed by atoms with van der Waals surface area (Å²) < 4.78 is 42.0. The van der Waals surface area contributed by atoms with Crippen LogP contribution in [0.5, 0.6) is 5.75 Å². The van der Waals surface area contributed by atoms with Gasteiger partial charge in [0.15, 0.2) is 0 Å². The monoisotopic (exact) mass is 543 g/mol. The van der Waals surface area contributed by atoms with Gasteiger partial charge in [0, 0.05) is 17.8 Å². The van der Waals surface area contributed by atoms with Crippen molar-refractivity contribution in [3.63, 3.8) is 0 Å². The Morgan fingerprint density at radius 1 is 0.692 bits per heavy atom. The number of rotatable bonds is 6. The van der Waals surface area contributed by atoms with Crippen LogP contribution in [0.3, 0.4) is 0 Å². The summed E-state index contributed by atoms with van der Waals surface area (Å²) in [6.45, 7) is 4.21. The Morgan fingerprint density at radius 3 is 1.90 bits per heavy atom. The lowest BCUT2D eigenvalue weighted by Crippen LogP contribution is -2.37. The predicted octanol–water partition coefficient (Wildman–Crippen LogP) is 5.80. The number of carbonyl (C=O) groups excluding carboxylic acids is 1. The summed E-state index contributed by atoms with van der Waals surface area (Å²) in [7, 11) is -0.807. The second-order valence-electron chi connectivity index (χ2n) is 10.9. The molecule has 1 saturated heterocycles. The lowest BCUT2D eigenvalue weighted by Gasteiger charge is -2.33. The Labute approximate surface area is 230 Å². The van der Waals surface area contributed by atoms with Gasteiger partial charge in [0.25, 0.3) is 10.0 Å². The number of benzene rings is 3. The largest absolute Gasteiger partial charge is 0.498 e. The Balaban J connectivity index is 1.60. The van der Waals surface area contributed by atoms with E-state index in [-0.39, 0.29) is 40.3 Å². The average Bonchev–Trinajstić information content (AvgIpc) is 3.36. The van der Waals surface area contributed by atoms with Crippen LogP contribution in [-0.4, -0.2) is 32.7 Å². The molecular formula is C32H33NO5S. The van der Waals surface area contributed by atoms with Crippen LogP contribution >= 0.6 is 0 Å². The summed E-state index contributed by atoms with van der Waals surface area (Å²) in [5, 5.41) is 0. The first kappa shape index (κ1) is 25.7. The molecule has 39 heavy (non-hydrogen) atoms. The fraction of sp³-hybridized carbons (Fsp3) is 0.344. The van der Waals surface area contributed by atoms with Crippen molar-refractivity contribution < 1.29 is 22.7 Å². The maximum absolute atomic E-state index is 14.5. The van der Waals surface area contributed by atoms with Crippen LogP contribution in [0.15, 0.2) is 101 Å². The van der Waals surface area contributed by atoms with E-state index in [2.05, 4.69) is 26.0 Å². The van der Waals surface area contributed by atoms with Gasteiger partial charge < -0.3 is 9.47 Å². The van der Waals surface area contributed by atoms with Crippen LogP contribution in [0.4, 0.5) is 0 Å². The molecule has 0 N–H and O–H groups in total. The van der Waals surface area contributed by atoms with Crippen LogP contribution in [0.2, 0.25) is 0 Å². The summed E-state index contributed by atoms with van der Waals surface area (Å²) >= 11 is 0. The molecule has 0 radical (unpaired) electrons. The third-order valence-corrected chi connectivity index (χ3v) is 10.9. The minimum Gasteiger partial charge on any atom is -0.498 e. The van der Waals surface area contributed by atoms with Crippen molar-refractivity contribution in [3.8, 4) is 5.75 Å². The molecule has 3 aromatic rings. The van der Waals surface area contributed by atoms with Gasteiger partial charge in [-0.3, -0.25) is 9.10 Å². The van der Waals surface area contributed by atoms with E-state index in [0.29, 0.717) is 17.2 Å². The maximum atomic E-state index is 14.5. The molecular weight excluding hydrogens is 510 g/mol. The molecule has 2 aliphatic carbocycles. The summed E-state index contributed by atoms with van der Waals surface area (Å²) in [5.41, 5.74) is 2.57. The van der Waals surface area contributed by atoms with Crippen molar-refractivity contribution in [1.82, 2.24) is 4.31 Å². The summed E-state index contributed by atoms with van der Waals surface area (Å²) in [5.74, 6) is -0.00468. The van der Waals surface area contributed by atoms with Crippen molar-refractivity contribution in [2.75, 3.05) is 14.2 Å². The molecule has 1 saturated carbocycles. The summed E-state index contributed by atoms with van der Waals surface area (Å²) in [4.78, 5) is 14.3. The first-order valence-electron chi connectivity index (χ1n) is 13.4. The fourth-order valence-electron chi connectivity index (χ4n) is 7.48. The molecule has 2 bridgehead atoms. The molecule has 6 nitrogen and oxygen atoms in total. The minimum atomic E-state index is -3.98. The SMILES string of the molecule is COC1=C2[C@H]([C@@H](C)[C@@H](c3ccc(OC)cc3)N2S(=O)(=O)c2ccccc2)[C@@H]2C(=O)[C@H]1[C@H](c1ccccc1)[C@H]2C. The standard InChI is InChI=1S/C32H33NO5S/c1-19-25(21-11-7-5-8-12-21)28-31(34)27(19)26-20(2)29(22-15-17-23(37-3)18-16-22)33(30(26)32(28)38-4)39(35,36)24-13-9-6-10-14-24/h5-20,25-29H,1-4H3/t19-,20-,25+,26-,27-,28-,29+/m1/s1. The van der Waals surface area contributed by atoms with E-state index < -0.39 is 22.0 Å². The molecule has 3 aromatic carbocycles. The highest BCUT2D eigenvalue weighted by Crippen LogP contribution is 2.64. The molecule has 1 heterocycles. The van der Waals surface area contributed by atoms with Crippen molar-refractivity contribution in [3.05, 3.63) is 108 Å². The lowest BCUT2D eigenvalue weighted by molar-refractivity contribution is -0.126. The van der Waals surface area contributed by atoms with Crippen molar-refractivity contribution >= 4 is 15.8 Å². The van der Waals surface area contributed by atoms with Gasteiger partial charge in [-0.2, -0.15) is 0 Å². The van der Waals surface area contributed by atoms with Crippen LogP contribution in [-0.2, 0) is 19.6 Å². The zero-order valence-electron chi connectivity index (χ0n) is 22.5. The lowest BCUT2D eigenvalue weighted by atomic mass is 9.72. The molecule has 0 amide bonds. The van der Waals surface area contributed by atoms with Crippen molar-refractivity contribution in [2.24, 2.45) is 29.6 Å². The number of carbonyl (C=O) groups is 1. The number of Topliss-reactive ketones (excluding diaryl/α,β-unsaturated/α-hetero) is 1. The molecule has 1 aliphatic heterocycles. The third kappa shape index (κ3) is 3.73. The first-order chi connectivity index (χ1) is 18.8. The predicted molar refractivity (Wildman–Crippen MR) is 148 cm³/mol. The van der Waals surface area contributed by atoms with E-state index in [9.17, 15) is 13.2 Å². The summed E-state index contributed by atoms with van der Waals surface area (Å²) in [6.07, 6.45) is 0. The number of fused-ring (bicyclic) bond motifs is 4. The number of allylic oxidation sites excluding steroid dienone is 2. The van der Waals surface area contributed by atoms with Gasteiger partial charge in [-0.05, 0) is 47.2 Å². The number of nitrogens with zero attached hydrogens (tertiary/aromatic N) is 1. The van der Waals surface area contributed by atoms with E-state index >= 15 is 0 Å². The normalized spacial score (nSPS) is 29.9. The molecule has 7 heteroatoms. The average molecular weight is 544 g/mol. The number of hydrogen-bond donors (Lipinski definition) is 0. The molecule has 7 atom stereocenters. The highest BCUT2D eigenvalue weighted by Gasteiger charge is 2.65. The molecule has 0 spiro atoms. The van der Waals surface area contributed by atoms with Gasteiger partial charge in [0.2, 0.25) is 0 Å². The highest BCUT2D eigenvalue weighted by atomic mass is 32.2. The van der Waals surface area contributed by atoms with Crippen LogP contribution in [0.25, 0.3) is 0 Å². The third-order valence-electron chi connectivity index (χ3n) is 9.08. The molecule has 0 unspecified atom stereocenters. The second kappa shape index (κ2) is 9.56. The molecule has 2 fully saturated rings. The maximum Gasteiger partial charge on any atom is 0.264 e. The van der Waals surface area contributed by atoms with E-state index in [1.54, 1.807) is 48.9 Å². The van der Waals surface area contributed by atoms with E-state index in [4.69, 9.17) is 9.47 Å². The smallest absolute Gasteiger partial charge is 0.264 e. The van der Waals surface area contributed by atoms with Crippen LogP contribution in [0, 0.1) is 29.6 Å². The Morgan fingerprint density at radius 2 is 1.31 bits per heavy atom. The number of ether oxygens (including phenoxy) is 2. The minimum absolute atomic E-state index is 0.0240. The zero-order chi connectivity index (χ0) is 27.5. The Bertz CT molecular complexity index is 1520. The van der Waals surface area contributed by atoms with Crippen molar-refractivity contribution in [1.29, 1.82) is 0 Å². The van der Waals surface area contributed by atoms with Gasteiger partial charge in [-0.1, -0.05) is 74.5 Å². The molecule has 0 aromatic heterocycles. The van der Waals surface area contributed by atoms with Gasteiger partial charge in [0.1, 0.15) is 17.3 Å². The first-order valence-corrected chi connectivity index (χ1v) is 14.9. The van der Waals surface area contributed by atoms with Gasteiger partial charge in [-0.25, -0.2) is 8.42 Å². The molecule has 202 valence electrons. The molecule has 3 aliphatic rings.